The molecule has 10 heteroatoms. The van der Waals surface area contributed by atoms with Gasteiger partial charge in [-0.1, -0.05) is 12.1 Å². The molecule has 138 valence electrons. The number of aryl methyl sites for hydroxylation is 1. The monoisotopic (exact) mass is 495 g/mol. The number of hydrogen-bond donors (Lipinski definition) is 3. The van der Waals surface area contributed by atoms with Crippen LogP contribution in [0, 0.1) is 6.92 Å². The maximum absolute atomic E-state index is 11.4. The summed E-state index contributed by atoms with van der Waals surface area (Å²) in [6, 6.07) is 6.47. The molecule has 4 N–H and O–H groups in total. The highest BCUT2D eigenvalue weighted by Gasteiger charge is 2.08. The minimum Gasteiger partial charge on any atom is -0.357 e. The summed E-state index contributed by atoms with van der Waals surface area (Å²) in [5, 5.41) is 12.5. The molecule has 7 nitrogen and oxygen atoms in total. The van der Waals surface area contributed by atoms with Crippen molar-refractivity contribution in [2.45, 2.75) is 31.8 Å². The van der Waals surface area contributed by atoms with E-state index in [9.17, 15) is 8.42 Å². The largest absolute Gasteiger partial charge is 0.357 e. The number of nitrogens with zero attached hydrogens (tertiary/aromatic N) is 2. The highest BCUT2D eigenvalue weighted by Crippen LogP contribution is 2.11. The summed E-state index contributed by atoms with van der Waals surface area (Å²) >= 11 is 1.63. The summed E-state index contributed by atoms with van der Waals surface area (Å²) in [4.78, 5) is 10.0. The van der Waals surface area contributed by atoms with E-state index in [1.54, 1.807) is 17.4 Å². The Labute approximate surface area is 169 Å². The van der Waals surface area contributed by atoms with Gasteiger partial charge in [-0.05, 0) is 31.5 Å². The Hall–Kier alpha value is -1.24. The van der Waals surface area contributed by atoms with Gasteiger partial charge in [-0.2, -0.15) is 0 Å². The van der Waals surface area contributed by atoms with E-state index in [0.717, 1.165) is 22.0 Å². The zero-order valence-electron chi connectivity index (χ0n) is 14.0. The third kappa shape index (κ3) is 7.26. The van der Waals surface area contributed by atoms with Crippen molar-refractivity contribution in [2.24, 2.45) is 10.1 Å². The molecule has 1 aromatic heterocycles. The molecular formula is C15H22IN5O2S2. The van der Waals surface area contributed by atoms with Crippen LogP contribution in [0.5, 0.6) is 0 Å². The Bertz CT molecular complexity index is 821. The van der Waals surface area contributed by atoms with Gasteiger partial charge in [0.15, 0.2) is 5.96 Å². The molecule has 2 aromatic rings. The van der Waals surface area contributed by atoms with Crippen LogP contribution in [-0.2, 0) is 23.1 Å². The lowest BCUT2D eigenvalue weighted by atomic mass is 10.2. The van der Waals surface area contributed by atoms with Crippen molar-refractivity contribution in [2.75, 3.05) is 6.54 Å². The molecule has 1 heterocycles. The van der Waals surface area contributed by atoms with E-state index >= 15 is 0 Å². The van der Waals surface area contributed by atoms with Gasteiger partial charge in [0.1, 0.15) is 5.01 Å². The molecule has 0 aliphatic carbocycles. The van der Waals surface area contributed by atoms with Crippen LogP contribution in [0.25, 0.3) is 0 Å². The predicted molar refractivity (Wildman–Crippen MR) is 112 cm³/mol. The van der Waals surface area contributed by atoms with Crippen molar-refractivity contribution in [1.29, 1.82) is 0 Å². The van der Waals surface area contributed by atoms with Crippen molar-refractivity contribution >= 4 is 51.3 Å². The number of halogens is 1. The van der Waals surface area contributed by atoms with Crippen LogP contribution in [0.1, 0.15) is 22.4 Å². The van der Waals surface area contributed by atoms with Crippen LogP contribution in [0.4, 0.5) is 0 Å². The van der Waals surface area contributed by atoms with E-state index in [2.05, 4.69) is 20.6 Å². The first-order valence-corrected chi connectivity index (χ1v) is 9.80. The average molecular weight is 495 g/mol. The standard InChI is InChI=1S/C15H21N5O2S2.HI/c1-3-17-15(20-10-14-18-8-11(2)23-14)19-9-12-5-4-6-13(7-12)24(16,21)22;/h4-8H,3,9-10H2,1-2H3,(H2,16,21,22)(H2,17,19,20);1H. The molecule has 2 rings (SSSR count). The van der Waals surface area contributed by atoms with Crippen LogP contribution in [0.2, 0.25) is 0 Å². The minimum absolute atomic E-state index is 0. The highest BCUT2D eigenvalue weighted by atomic mass is 127. The Morgan fingerprint density at radius 2 is 2.12 bits per heavy atom. The summed E-state index contributed by atoms with van der Waals surface area (Å²) < 4.78 is 22.8. The van der Waals surface area contributed by atoms with Crippen molar-refractivity contribution in [1.82, 2.24) is 15.6 Å². The molecule has 0 fully saturated rings. The zero-order valence-corrected chi connectivity index (χ0v) is 18.0. The lowest BCUT2D eigenvalue weighted by molar-refractivity contribution is 0.597. The van der Waals surface area contributed by atoms with E-state index in [1.165, 1.54) is 12.1 Å². The van der Waals surface area contributed by atoms with Gasteiger partial charge >= 0.3 is 0 Å². The topological polar surface area (TPSA) is 109 Å². The van der Waals surface area contributed by atoms with Crippen LogP contribution in [-0.4, -0.2) is 25.9 Å². The van der Waals surface area contributed by atoms with Crippen molar-refractivity contribution in [3.63, 3.8) is 0 Å². The molecule has 0 spiro atoms. The number of primary sulfonamides is 1. The van der Waals surface area contributed by atoms with Crippen molar-refractivity contribution in [3.8, 4) is 0 Å². The fourth-order valence-electron chi connectivity index (χ4n) is 1.98. The molecule has 0 bridgehead atoms. The average Bonchev–Trinajstić information content (AvgIpc) is 2.95. The van der Waals surface area contributed by atoms with E-state index in [-0.39, 0.29) is 28.9 Å². The Balaban J connectivity index is 0.00000312. The Morgan fingerprint density at radius 1 is 1.36 bits per heavy atom. The molecule has 0 atom stereocenters. The van der Waals surface area contributed by atoms with Gasteiger partial charge in [0.25, 0.3) is 0 Å². The molecule has 0 aliphatic rings. The lowest BCUT2D eigenvalue weighted by Gasteiger charge is -2.10. The van der Waals surface area contributed by atoms with Crippen molar-refractivity contribution in [3.05, 3.63) is 45.9 Å². The Kier molecular flexibility index (Phi) is 8.76. The molecule has 25 heavy (non-hydrogen) atoms. The number of nitrogens with two attached hydrogens (primary N) is 1. The van der Waals surface area contributed by atoms with Gasteiger partial charge in [0.2, 0.25) is 10.0 Å². The van der Waals surface area contributed by atoms with E-state index < -0.39 is 10.0 Å². The first-order valence-electron chi connectivity index (χ1n) is 7.43. The highest BCUT2D eigenvalue weighted by molar-refractivity contribution is 14.0. The second-order valence-electron chi connectivity index (χ2n) is 5.11. The maximum Gasteiger partial charge on any atom is 0.238 e. The van der Waals surface area contributed by atoms with Gasteiger partial charge in [-0.3, -0.25) is 0 Å². The minimum atomic E-state index is -3.70. The maximum atomic E-state index is 11.4. The lowest BCUT2D eigenvalue weighted by Crippen LogP contribution is -2.36. The number of hydrogen-bond acceptors (Lipinski definition) is 5. The third-order valence-electron chi connectivity index (χ3n) is 3.07. The van der Waals surface area contributed by atoms with Gasteiger partial charge < -0.3 is 10.6 Å². The fraction of sp³-hybridized carbons (Fsp3) is 0.333. The van der Waals surface area contributed by atoms with Gasteiger partial charge in [-0.15, -0.1) is 35.3 Å². The molecule has 0 aliphatic heterocycles. The fourth-order valence-corrected chi connectivity index (χ4v) is 3.29. The summed E-state index contributed by atoms with van der Waals surface area (Å²) in [6.45, 7) is 5.64. The summed E-state index contributed by atoms with van der Waals surface area (Å²) in [6.07, 6.45) is 1.84. The molecule has 0 radical (unpaired) electrons. The van der Waals surface area contributed by atoms with Crippen molar-refractivity contribution < 1.29 is 8.42 Å². The van der Waals surface area contributed by atoms with Crippen LogP contribution >= 0.6 is 35.3 Å². The predicted octanol–water partition coefficient (Wildman–Crippen LogP) is 1.97. The number of rotatable bonds is 6. The number of nitrogens with one attached hydrogen (secondary N) is 2. The third-order valence-corrected chi connectivity index (χ3v) is 4.89. The number of benzene rings is 1. The Morgan fingerprint density at radius 3 is 2.72 bits per heavy atom. The number of aromatic nitrogens is 1. The summed E-state index contributed by atoms with van der Waals surface area (Å²) in [7, 11) is -3.70. The molecular weight excluding hydrogens is 473 g/mol. The van der Waals surface area contributed by atoms with Crippen LogP contribution in [0.15, 0.2) is 40.4 Å². The smallest absolute Gasteiger partial charge is 0.238 e. The second-order valence-corrected chi connectivity index (χ2v) is 7.99. The van der Waals surface area contributed by atoms with E-state index in [1.807, 2.05) is 26.1 Å². The molecule has 1 aromatic carbocycles. The van der Waals surface area contributed by atoms with Gasteiger partial charge in [-0.25, -0.2) is 23.5 Å². The first kappa shape index (κ1) is 21.8. The summed E-state index contributed by atoms with van der Waals surface area (Å²) in [5.41, 5.74) is 0.767. The SMILES string of the molecule is CCNC(=NCc1cccc(S(N)(=O)=O)c1)NCc1ncc(C)s1.I. The zero-order chi connectivity index (χ0) is 17.6. The first-order chi connectivity index (χ1) is 11.4. The molecule has 0 unspecified atom stereocenters. The van der Waals surface area contributed by atoms with E-state index in [0.29, 0.717) is 19.0 Å². The molecule has 0 saturated carbocycles. The van der Waals surface area contributed by atoms with Gasteiger partial charge in [0.05, 0.1) is 18.0 Å². The number of aliphatic imine (C=N–C) groups is 1. The van der Waals surface area contributed by atoms with E-state index in [4.69, 9.17) is 5.14 Å². The van der Waals surface area contributed by atoms with Crippen LogP contribution in [0.3, 0.4) is 0 Å². The molecule has 0 saturated heterocycles. The van der Waals surface area contributed by atoms with Gasteiger partial charge in [0, 0.05) is 17.6 Å². The number of thiazole rings is 1. The quantitative estimate of drug-likeness (QED) is 0.323. The van der Waals surface area contributed by atoms with Crippen LogP contribution < -0.4 is 15.8 Å². The number of guanidine groups is 1. The molecule has 0 amide bonds. The summed E-state index contributed by atoms with van der Waals surface area (Å²) in [5.74, 6) is 0.645. The normalized spacial score (nSPS) is 11.7. The second kappa shape index (κ2) is 10.0. The number of sulfonamides is 1.